The SMILES string of the molecule is COc1cccc(NC(=O)[C@H](C)NC(=O)[C@H]2CCCN(S(=O)(=O)c3ccccc3)C2)c1. The lowest BCUT2D eigenvalue weighted by molar-refractivity contribution is -0.129. The van der Waals surface area contributed by atoms with Gasteiger partial charge in [-0.2, -0.15) is 4.31 Å². The molecule has 0 unspecified atom stereocenters. The lowest BCUT2D eigenvalue weighted by Gasteiger charge is -2.31. The van der Waals surface area contributed by atoms with Crippen LogP contribution in [-0.4, -0.2) is 50.8 Å². The fourth-order valence-electron chi connectivity index (χ4n) is 3.46. The summed E-state index contributed by atoms with van der Waals surface area (Å²) in [5, 5.41) is 5.45. The first-order valence-electron chi connectivity index (χ1n) is 10.1. The van der Waals surface area contributed by atoms with Crippen molar-refractivity contribution in [3.63, 3.8) is 0 Å². The van der Waals surface area contributed by atoms with Gasteiger partial charge in [0.2, 0.25) is 21.8 Å². The van der Waals surface area contributed by atoms with Crippen LogP contribution in [-0.2, 0) is 19.6 Å². The molecule has 8 nitrogen and oxygen atoms in total. The van der Waals surface area contributed by atoms with Crippen LogP contribution in [0, 0.1) is 5.92 Å². The molecule has 0 radical (unpaired) electrons. The molecule has 1 fully saturated rings. The molecule has 2 amide bonds. The summed E-state index contributed by atoms with van der Waals surface area (Å²) >= 11 is 0. The van der Waals surface area contributed by atoms with Crippen molar-refractivity contribution in [3.8, 4) is 5.75 Å². The molecule has 0 spiro atoms. The third kappa shape index (κ3) is 5.62. The van der Waals surface area contributed by atoms with Crippen LogP contribution in [0.4, 0.5) is 5.69 Å². The molecule has 166 valence electrons. The van der Waals surface area contributed by atoms with E-state index < -0.39 is 22.0 Å². The number of piperidine rings is 1. The molecule has 1 aliphatic heterocycles. The summed E-state index contributed by atoms with van der Waals surface area (Å²) in [5.41, 5.74) is 0.559. The Labute approximate surface area is 182 Å². The maximum atomic E-state index is 12.9. The third-order valence-electron chi connectivity index (χ3n) is 5.23. The Bertz CT molecular complexity index is 1030. The molecule has 9 heteroatoms. The Morgan fingerprint density at radius 2 is 1.87 bits per heavy atom. The monoisotopic (exact) mass is 445 g/mol. The lowest BCUT2D eigenvalue weighted by Crippen LogP contribution is -2.49. The largest absolute Gasteiger partial charge is 0.497 e. The van der Waals surface area contributed by atoms with Crippen molar-refractivity contribution < 1.29 is 22.7 Å². The van der Waals surface area contributed by atoms with E-state index in [4.69, 9.17) is 4.74 Å². The topological polar surface area (TPSA) is 105 Å². The van der Waals surface area contributed by atoms with Crippen LogP contribution < -0.4 is 15.4 Å². The predicted octanol–water partition coefficient (Wildman–Crippen LogP) is 2.24. The van der Waals surface area contributed by atoms with Crippen molar-refractivity contribution in [3.05, 3.63) is 54.6 Å². The Balaban J connectivity index is 1.60. The van der Waals surface area contributed by atoms with E-state index in [2.05, 4.69) is 10.6 Å². The summed E-state index contributed by atoms with van der Waals surface area (Å²) in [6.45, 7) is 2.05. The molecule has 0 bridgehead atoms. The molecule has 2 N–H and O–H groups in total. The summed E-state index contributed by atoms with van der Waals surface area (Å²) in [6.07, 6.45) is 1.14. The number of amides is 2. The second kappa shape index (κ2) is 9.93. The van der Waals surface area contributed by atoms with Crippen LogP contribution in [0.15, 0.2) is 59.5 Å². The van der Waals surface area contributed by atoms with E-state index in [-0.39, 0.29) is 23.3 Å². The van der Waals surface area contributed by atoms with Crippen LogP contribution in [0.3, 0.4) is 0 Å². The Hall–Kier alpha value is -2.91. The van der Waals surface area contributed by atoms with E-state index >= 15 is 0 Å². The summed E-state index contributed by atoms with van der Waals surface area (Å²) in [4.78, 5) is 25.4. The van der Waals surface area contributed by atoms with Crippen LogP contribution >= 0.6 is 0 Å². The molecular formula is C22H27N3O5S. The molecule has 1 saturated heterocycles. The van der Waals surface area contributed by atoms with Gasteiger partial charge in [0.1, 0.15) is 11.8 Å². The molecule has 0 aromatic heterocycles. The molecule has 31 heavy (non-hydrogen) atoms. The fourth-order valence-corrected chi connectivity index (χ4v) is 5.01. The molecule has 1 heterocycles. The maximum absolute atomic E-state index is 12.9. The van der Waals surface area contributed by atoms with E-state index in [9.17, 15) is 18.0 Å². The highest BCUT2D eigenvalue weighted by Crippen LogP contribution is 2.24. The van der Waals surface area contributed by atoms with Gasteiger partial charge in [-0.15, -0.1) is 0 Å². The molecule has 2 atom stereocenters. The van der Waals surface area contributed by atoms with Crippen molar-refractivity contribution in [2.75, 3.05) is 25.5 Å². The van der Waals surface area contributed by atoms with Crippen molar-refractivity contribution in [2.24, 2.45) is 5.92 Å². The average Bonchev–Trinajstić information content (AvgIpc) is 2.79. The summed E-state index contributed by atoms with van der Waals surface area (Å²) in [6, 6.07) is 14.3. The minimum absolute atomic E-state index is 0.0906. The Morgan fingerprint density at radius 3 is 2.58 bits per heavy atom. The first-order valence-corrected chi connectivity index (χ1v) is 11.6. The van der Waals surface area contributed by atoms with Gasteiger partial charge in [-0.25, -0.2) is 8.42 Å². The highest BCUT2D eigenvalue weighted by atomic mass is 32.2. The number of hydrogen-bond acceptors (Lipinski definition) is 5. The van der Waals surface area contributed by atoms with Gasteiger partial charge in [0, 0.05) is 24.8 Å². The van der Waals surface area contributed by atoms with E-state index in [1.807, 2.05) is 0 Å². The fraction of sp³-hybridized carbons (Fsp3) is 0.364. The number of ether oxygens (including phenoxy) is 1. The van der Waals surface area contributed by atoms with Crippen LogP contribution in [0.5, 0.6) is 5.75 Å². The molecule has 2 aromatic rings. The number of nitrogens with one attached hydrogen (secondary N) is 2. The maximum Gasteiger partial charge on any atom is 0.246 e. The van der Waals surface area contributed by atoms with Gasteiger partial charge < -0.3 is 15.4 Å². The van der Waals surface area contributed by atoms with Crippen LogP contribution in [0.1, 0.15) is 19.8 Å². The number of methoxy groups -OCH3 is 1. The summed E-state index contributed by atoms with van der Waals surface area (Å²) < 4.78 is 32.2. The highest BCUT2D eigenvalue weighted by Gasteiger charge is 2.34. The number of sulfonamides is 1. The van der Waals surface area contributed by atoms with Gasteiger partial charge in [-0.3, -0.25) is 9.59 Å². The normalized spacial score (nSPS) is 18.1. The quantitative estimate of drug-likeness (QED) is 0.680. The smallest absolute Gasteiger partial charge is 0.246 e. The predicted molar refractivity (Wildman–Crippen MR) is 117 cm³/mol. The number of nitrogens with zero attached hydrogens (tertiary/aromatic N) is 1. The first-order chi connectivity index (χ1) is 14.8. The second-order valence-electron chi connectivity index (χ2n) is 7.47. The van der Waals surface area contributed by atoms with Gasteiger partial charge in [0.05, 0.1) is 17.9 Å². The van der Waals surface area contributed by atoms with Crippen LogP contribution in [0.25, 0.3) is 0 Å². The number of anilines is 1. The molecule has 2 aromatic carbocycles. The van der Waals surface area contributed by atoms with Gasteiger partial charge >= 0.3 is 0 Å². The number of benzene rings is 2. The van der Waals surface area contributed by atoms with Gasteiger partial charge in [-0.1, -0.05) is 24.3 Å². The number of carbonyl (C=O) groups excluding carboxylic acids is 2. The van der Waals surface area contributed by atoms with E-state index in [0.717, 1.165) is 0 Å². The Morgan fingerprint density at radius 1 is 1.13 bits per heavy atom. The minimum Gasteiger partial charge on any atom is -0.497 e. The van der Waals surface area contributed by atoms with Gasteiger partial charge in [0.25, 0.3) is 0 Å². The summed E-state index contributed by atoms with van der Waals surface area (Å²) in [7, 11) is -2.12. The van der Waals surface area contributed by atoms with E-state index in [1.165, 1.54) is 11.4 Å². The van der Waals surface area contributed by atoms with Gasteiger partial charge in [0.15, 0.2) is 0 Å². The molecule has 0 saturated carbocycles. The van der Waals surface area contributed by atoms with Crippen molar-refractivity contribution in [1.82, 2.24) is 9.62 Å². The molecule has 1 aliphatic rings. The zero-order valence-corrected chi connectivity index (χ0v) is 18.4. The Kier molecular flexibility index (Phi) is 7.29. The number of rotatable bonds is 7. The third-order valence-corrected chi connectivity index (χ3v) is 7.10. The molecular weight excluding hydrogens is 418 g/mol. The zero-order valence-electron chi connectivity index (χ0n) is 17.6. The average molecular weight is 446 g/mol. The van der Waals surface area contributed by atoms with Crippen molar-refractivity contribution in [2.45, 2.75) is 30.7 Å². The van der Waals surface area contributed by atoms with Crippen molar-refractivity contribution in [1.29, 1.82) is 0 Å². The standard InChI is InChI=1S/C22H27N3O5S/c1-16(21(26)24-18-9-6-10-19(14-18)30-2)23-22(27)17-8-7-13-25(15-17)31(28,29)20-11-4-3-5-12-20/h3-6,9-12,14,16-17H,7-8,13,15H2,1-2H3,(H,23,27)(H,24,26)/t16-,17-/m0/s1. The van der Waals surface area contributed by atoms with E-state index in [1.54, 1.807) is 61.5 Å². The van der Waals surface area contributed by atoms with Crippen molar-refractivity contribution >= 4 is 27.5 Å². The number of carbonyl (C=O) groups is 2. The number of hydrogen-bond donors (Lipinski definition) is 2. The molecule has 0 aliphatic carbocycles. The lowest BCUT2D eigenvalue weighted by atomic mass is 9.98. The van der Waals surface area contributed by atoms with E-state index in [0.29, 0.717) is 30.8 Å². The first kappa shape index (κ1) is 22.8. The van der Waals surface area contributed by atoms with Crippen LogP contribution in [0.2, 0.25) is 0 Å². The highest BCUT2D eigenvalue weighted by molar-refractivity contribution is 7.89. The second-order valence-corrected chi connectivity index (χ2v) is 9.40. The summed E-state index contributed by atoms with van der Waals surface area (Å²) in [5.74, 6) is -0.608. The van der Waals surface area contributed by atoms with Gasteiger partial charge in [-0.05, 0) is 44.0 Å². The zero-order chi connectivity index (χ0) is 22.4. The minimum atomic E-state index is -3.66. The molecule has 3 rings (SSSR count).